The first-order valence-corrected chi connectivity index (χ1v) is 4.86. The highest BCUT2D eigenvalue weighted by Crippen LogP contribution is 2.04. The lowest BCUT2D eigenvalue weighted by Crippen LogP contribution is -2.20. The van der Waals surface area contributed by atoms with Gasteiger partial charge in [0.05, 0.1) is 0 Å². The zero-order chi connectivity index (χ0) is 11.1. The van der Waals surface area contributed by atoms with E-state index < -0.39 is 0 Å². The molecule has 0 aliphatic carbocycles. The predicted molar refractivity (Wildman–Crippen MR) is 63.4 cm³/mol. The second-order valence-electron chi connectivity index (χ2n) is 3.28. The number of carbonyl (C=O) groups excluding carboxylic acids is 1. The van der Waals surface area contributed by atoms with Crippen LogP contribution < -0.4 is 5.32 Å². The zero-order valence-electron chi connectivity index (χ0n) is 8.86. The van der Waals surface area contributed by atoms with Crippen LogP contribution in [0.15, 0.2) is 43.0 Å². The Balaban J connectivity index is 2.53. The van der Waals surface area contributed by atoms with Gasteiger partial charge in [0.25, 0.3) is 0 Å². The van der Waals surface area contributed by atoms with Crippen LogP contribution in [-0.2, 0) is 4.79 Å². The average Bonchev–Trinajstić information content (AvgIpc) is 2.25. The summed E-state index contributed by atoms with van der Waals surface area (Å²) in [5, 5.41) is 2.67. The van der Waals surface area contributed by atoms with E-state index in [2.05, 4.69) is 11.9 Å². The Morgan fingerprint density at radius 3 is 2.67 bits per heavy atom. The Labute approximate surface area is 90.3 Å². The molecule has 0 saturated heterocycles. The van der Waals surface area contributed by atoms with Gasteiger partial charge in [-0.15, -0.1) is 6.58 Å². The second-order valence-corrected chi connectivity index (χ2v) is 3.28. The van der Waals surface area contributed by atoms with Crippen LogP contribution >= 0.6 is 0 Å². The first-order valence-electron chi connectivity index (χ1n) is 4.86. The Hall–Kier alpha value is -1.83. The number of hydrogen-bond donors (Lipinski definition) is 1. The van der Waals surface area contributed by atoms with Crippen LogP contribution in [0.5, 0.6) is 0 Å². The van der Waals surface area contributed by atoms with Crippen molar-refractivity contribution in [2.24, 2.45) is 0 Å². The molecule has 1 rings (SSSR count). The van der Waals surface area contributed by atoms with E-state index in [1.807, 2.05) is 31.2 Å². The molecule has 15 heavy (non-hydrogen) atoms. The van der Waals surface area contributed by atoms with Crippen molar-refractivity contribution in [3.63, 3.8) is 0 Å². The molecule has 0 radical (unpaired) electrons. The number of benzene rings is 1. The van der Waals surface area contributed by atoms with Crippen molar-refractivity contribution in [1.29, 1.82) is 0 Å². The normalized spacial score (nSPS) is 10.2. The molecule has 1 N–H and O–H groups in total. The molecule has 1 amide bonds. The van der Waals surface area contributed by atoms with Gasteiger partial charge in [0.1, 0.15) is 0 Å². The number of carbonyl (C=O) groups is 1. The summed E-state index contributed by atoms with van der Waals surface area (Å²) in [6, 6.07) is 7.99. The highest BCUT2D eigenvalue weighted by atomic mass is 16.1. The average molecular weight is 201 g/mol. The van der Waals surface area contributed by atoms with E-state index in [0.29, 0.717) is 6.54 Å². The fraction of sp³-hybridized carbons (Fsp3) is 0.154. The van der Waals surface area contributed by atoms with Gasteiger partial charge in [-0.2, -0.15) is 0 Å². The predicted octanol–water partition coefficient (Wildman–Crippen LogP) is 2.31. The number of amides is 1. The van der Waals surface area contributed by atoms with Crippen LogP contribution in [0, 0.1) is 6.92 Å². The van der Waals surface area contributed by atoms with Crippen LogP contribution in [0.1, 0.15) is 11.1 Å². The topological polar surface area (TPSA) is 29.1 Å². The van der Waals surface area contributed by atoms with Crippen LogP contribution in [0.25, 0.3) is 6.08 Å². The van der Waals surface area contributed by atoms with Crippen LogP contribution in [0.2, 0.25) is 0 Å². The summed E-state index contributed by atoms with van der Waals surface area (Å²) in [5.74, 6) is -0.101. The summed E-state index contributed by atoms with van der Waals surface area (Å²) < 4.78 is 0. The summed E-state index contributed by atoms with van der Waals surface area (Å²) in [6.07, 6.45) is 4.96. The molecule has 0 bridgehead atoms. The molecule has 0 heterocycles. The highest BCUT2D eigenvalue weighted by molar-refractivity contribution is 5.91. The zero-order valence-corrected chi connectivity index (χ0v) is 8.86. The number of nitrogens with one attached hydrogen (secondary N) is 1. The van der Waals surface area contributed by atoms with Gasteiger partial charge in [-0.05, 0) is 18.6 Å². The summed E-state index contributed by atoms with van der Waals surface area (Å²) >= 11 is 0. The Morgan fingerprint density at radius 2 is 2.07 bits per heavy atom. The molecule has 0 spiro atoms. The lowest BCUT2D eigenvalue weighted by molar-refractivity contribution is -0.116. The van der Waals surface area contributed by atoms with E-state index >= 15 is 0 Å². The molecule has 0 unspecified atom stereocenters. The fourth-order valence-electron chi connectivity index (χ4n) is 1.08. The first kappa shape index (κ1) is 11.2. The lowest BCUT2D eigenvalue weighted by Gasteiger charge is -1.96. The number of rotatable bonds is 4. The third kappa shape index (κ3) is 4.27. The van der Waals surface area contributed by atoms with Crippen molar-refractivity contribution in [1.82, 2.24) is 5.32 Å². The van der Waals surface area contributed by atoms with Gasteiger partial charge in [0.15, 0.2) is 0 Å². The minimum Gasteiger partial charge on any atom is -0.349 e. The van der Waals surface area contributed by atoms with Crippen LogP contribution in [0.4, 0.5) is 0 Å². The van der Waals surface area contributed by atoms with Gasteiger partial charge < -0.3 is 5.32 Å². The Morgan fingerprint density at radius 1 is 1.40 bits per heavy atom. The molecule has 0 fully saturated rings. The summed E-state index contributed by atoms with van der Waals surface area (Å²) in [5.41, 5.74) is 2.23. The molecular formula is C13H15NO. The Kier molecular flexibility index (Phi) is 4.35. The van der Waals surface area contributed by atoms with Crippen LogP contribution in [-0.4, -0.2) is 12.5 Å². The molecule has 2 heteroatoms. The van der Waals surface area contributed by atoms with E-state index in [9.17, 15) is 4.79 Å². The fourth-order valence-corrected chi connectivity index (χ4v) is 1.08. The van der Waals surface area contributed by atoms with Gasteiger partial charge in [0, 0.05) is 12.6 Å². The molecule has 1 aromatic rings. The van der Waals surface area contributed by atoms with Crippen molar-refractivity contribution in [2.45, 2.75) is 6.92 Å². The molecule has 0 aliphatic rings. The lowest BCUT2D eigenvalue weighted by atomic mass is 10.1. The Bertz CT molecular complexity index is 363. The number of aryl methyl sites for hydroxylation is 1. The van der Waals surface area contributed by atoms with Crippen molar-refractivity contribution >= 4 is 12.0 Å². The molecular weight excluding hydrogens is 186 g/mol. The maximum atomic E-state index is 11.2. The quantitative estimate of drug-likeness (QED) is 0.588. The van der Waals surface area contributed by atoms with Gasteiger partial charge >= 0.3 is 0 Å². The molecule has 0 aromatic heterocycles. The molecule has 0 aliphatic heterocycles. The molecule has 78 valence electrons. The minimum atomic E-state index is -0.101. The monoisotopic (exact) mass is 201 g/mol. The molecule has 0 atom stereocenters. The van der Waals surface area contributed by atoms with E-state index in [1.54, 1.807) is 12.2 Å². The van der Waals surface area contributed by atoms with E-state index in [1.165, 1.54) is 11.6 Å². The minimum absolute atomic E-state index is 0.101. The van der Waals surface area contributed by atoms with Gasteiger partial charge in [0.2, 0.25) is 5.91 Å². The second kappa shape index (κ2) is 5.81. The standard InChI is InChI=1S/C13H15NO/c1-3-10-14-13(15)9-8-12-6-4-11(2)5-7-12/h3-9H,1,10H2,2H3,(H,14,15)/b9-8+. The third-order valence-corrected chi connectivity index (χ3v) is 1.93. The maximum Gasteiger partial charge on any atom is 0.244 e. The van der Waals surface area contributed by atoms with Gasteiger partial charge in [-0.3, -0.25) is 4.79 Å². The van der Waals surface area contributed by atoms with Gasteiger partial charge in [-0.25, -0.2) is 0 Å². The summed E-state index contributed by atoms with van der Waals surface area (Å²) in [7, 11) is 0. The third-order valence-electron chi connectivity index (χ3n) is 1.93. The van der Waals surface area contributed by atoms with Crippen molar-refractivity contribution in [3.05, 3.63) is 54.1 Å². The smallest absolute Gasteiger partial charge is 0.244 e. The summed E-state index contributed by atoms with van der Waals surface area (Å²) in [6.45, 7) is 6.05. The molecule has 2 nitrogen and oxygen atoms in total. The summed E-state index contributed by atoms with van der Waals surface area (Å²) in [4.78, 5) is 11.2. The van der Waals surface area contributed by atoms with Crippen molar-refractivity contribution in [3.8, 4) is 0 Å². The largest absolute Gasteiger partial charge is 0.349 e. The molecule has 1 aromatic carbocycles. The molecule has 0 saturated carbocycles. The van der Waals surface area contributed by atoms with E-state index in [0.717, 1.165) is 5.56 Å². The van der Waals surface area contributed by atoms with Crippen molar-refractivity contribution in [2.75, 3.05) is 6.54 Å². The highest BCUT2D eigenvalue weighted by Gasteiger charge is 1.91. The SMILES string of the molecule is C=CCNC(=O)/C=C/c1ccc(C)cc1. The van der Waals surface area contributed by atoms with Crippen LogP contribution in [0.3, 0.4) is 0 Å². The maximum absolute atomic E-state index is 11.2. The number of hydrogen-bond acceptors (Lipinski definition) is 1. The first-order chi connectivity index (χ1) is 7.22. The van der Waals surface area contributed by atoms with Gasteiger partial charge in [-0.1, -0.05) is 35.9 Å². The van der Waals surface area contributed by atoms with E-state index in [4.69, 9.17) is 0 Å². The van der Waals surface area contributed by atoms with E-state index in [-0.39, 0.29) is 5.91 Å². The van der Waals surface area contributed by atoms with Crippen molar-refractivity contribution < 1.29 is 4.79 Å².